The standard InChI is InChI=1S/C13H17N3/c14-7-1-10-16(13-2-3-13)11-6-12-4-8-15-9-5-12/h4-5,8-9,13H,1-3,6,10-11H2. The van der Waals surface area contributed by atoms with Crippen molar-refractivity contribution in [2.75, 3.05) is 13.1 Å². The first-order valence-electron chi connectivity index (χ1n) is 5.90. The lowest BCUT2D eigenvalue weighted by Gasteiger charge is -2.20. The van der Waals surface area contributed by atoms with Gasteiger partial charge in [0.2, 0.25) is 0 Å². The van der Waals surface area contributed by atoms with Crippen molar-refractivity contribution in [1.29, 1.82) is 5.26 Å². The Balaban J connectivity index is 1.80. The van der Waals surface area contributed by atoms with Gasteiger partial charge in [0.15, 0.2) is 0 Å². The number of hydrogen-bond donors (Lipinski definition) is 0. The largest absolute Gasteiger partial charge is 0.299 e. The van der Waals surface area contributed by atoms with Gasteiger partial charge in [-0.1, -0.05) is 0 Å². The van der Waals surface area contributed by atoms with E-state index in [9.17, 15) is 0 Å². The molecule has 16 heavy (non-hydrogen) atoms. The second-order valence-corrected chi connectivity index (χ2v) is 4.28. The summed E-state index contributed by atoms with van der Waals surface area (Å²) in [6, 6.07) is 7.10. The highest BCUT2D eigenvalue weighted by molar-refractivity contribution is 5.10. The van der Waals surface area contributed by atoms with Gasteiger partial charge in [-0.2, -0.15) is 5.26 Å². The minimum Gasteiger partial charge on any atom is -0.299 e. The second kappa shape index (κ2) is 5.62. The molecule has 0 bridgehead atoms. The molecule has 1 heterocycles. The quantitative estimate of drug-likeness (QED) is 0.728. The molecule has 0 aliphatic heterocycles. The lowest BCUT2D eigenvalue weighted by molar-refractivity contribution is 0.273. The first kappa shape index (κ1) is 11.1. The first-order chi connectivity index (χ1) is 7.90. The summed E-state index contributed by atoms with van der Waals surface area (Å²) in [5.74, 6) is 0. The number of aromatic nitrogens is 1. The molecule has 0 N–H and O–H groups in total. The highest BCUT2D eigenvalue weighted by atomic mass is 15.2. The van der Waals surface area contributed by atoms with Gasteiger partial charge in [-0.05, 0) is 37.0 Å². The molecular weight excluding hydrogens is 198 g/mol. The summed E-state index contributed by atoms with van der Waals surface area (Å²) in [6.07, 6.45) is 8.00. The molecule has 0 atom stereocenters. The van der Waals surface area contributed by atoms with Gasteiger partial charge >= 0.3 is 0 Å². The summed E-state index contributed by atoms with van der Waals surface area (Å²) < 4.78 is 0. The molecule has 0 unspecified atom stereocenters. The summed E-state index contributed by atoms with van der Waals surface area (Å²) in [5.41, 5.74) is 1.33. The third-order valence-electron chi connectivity index (χ3n) is 3.01. The molecule has 0 spiro atoms. The van der Waals surface area contributed by atoms with Crippen LogP contribution in [0.3, 0.4) is 0 Å². The molecule has 1 fully saturated rings. The van der Waals surface area contributed by atoms with Crippen molar-refractivity contribution < 1.29 is 0 Å². The van der Waals surface area contributed by atoms with E-state index in [2.05, 4.69) is 28.1 Å². The average Bonchev–Trinajstić information content (AvgIpc) is 3.15. The van der Waals surface area contributed by atoms with Crippen LogP contribution >= 0.6 is 0 Å². The van der Waals surface area contributed by atoms with Crippen LogP contribution < -0.4 is 0 Å². The van der Waals surface area contributed by atoms with Gasteiger partial charge in [0, 0.05) is 37.9 Å². The molecule has 1 saturated carbocycles. The van der Waals surface area contributed by atoms with E-state index in [0.717, 1.165) is 25.6 Å². The molecule has 0 radical (unpaired) electrons. The summed E-state index contributed by atoms with van der Waals surface area (Å²) in [7, 11) is 0. The Kier molecular flexibility index (Phi) is 3.90. The van der Waals surface area contributed by atoms with Crippen LogP contribution in [-0.2, 0) is 6.42 Å². The van der Waals surface area contributed by atoms with E-state index >= 15 is 0 Å². The van der Waals surface area contributed by atoms with Crippen LogP contribution in [0.15, 0.2) is 24.5 Å². The number of hydrogen-bond acceptors (Lipinski definition) is 3. The van der Waals surface area contributed by atoms with E-state index in [0.29, 0.717) is 6.42 Å². The SMILES string of the molecule is N#CCCN(CCc1ccncc1)C1CC1. The van der Waals surface area contributed by atoms with Crippen LogP contribution in [0.1, 0.15) is 24.8 Å². The van der Waals surface area contributed by atoms with Gasteiger partial charge in [0.1, 0.15) is 0 Å². The van der Waals surface area contributed by atoms with Crippen molar-refractivity contribution in [1.82, 2.24) is 9.88 Å². The van der Waals surface area contributed by atoms with Crippen molar-refractivity contribution in [3.8, 4) is 6.07 Å². The van der Waals surface area contributed by atoms with Gasteiger partial charge in [-0.3, -0.25) is 9.88 Å². The molecule has 1 aromatic rings. The molecule has 1 aromatic heterocycles. The monoisotopic (exact) mass is 215 g/mol. The fourth-order valence-electron chi connectivity index (χ4n) is 1.93. The predicted octanol–water partition coefficient (Wildman–Crippen LogP) is 2.00. The Morgan fingerprint density at radius 3 is 2.69 bits per heavy atom. The zero-order valence-corrected chi connectivity index (χ0v) is 9.47. The van der Waals surface area contributed by atoms with Crippen molar-refractivity contribution in [3.05, 3.63) is 30.1 Å². The summed E-state index contributed by atoms with van der Waals surface area (Å²) in [6.45, 7) is 1.99. The lowest BCUT2D eigenvalue weighted by atomic mass is 10.2. The van der Waals surface area contributed by atoms with Gasteiger partial charge in [0.05, 0.1) is 6.07 Å². The molecule has 2 rings (SSSR count). The van der Waals surface area contributed by atoms with Crippen LogP contribution in [0.4, 0.5) is 0 Å². The van der Waals surface area contributed by atoms with Crippen LogP contribution in [0.2, 0.25) is 0 Å². The lowest BCUT2D eigenvalue weighted by Crippen LogP contribution is -2.29. The maximum atomic E-state index is 8.62. The minimum atomic E-state index is 0.646. The molecule has 84 valence electrons. The Labute approximate surface area is 96.7 Å². The number of nitrogens with zero attached hydrogens (tertiary/aromatic N) is 3. The molecule has 0 aromatic carbocycles. The average molecular weight is 215 g/mol. The van der Waals surface area contributed by atoms with Gasteiger partial charge in [-0.25, -0.2) is 0 Å². The maximum Gasteiger partial charge on any atom is 0.0635 e. The zero-order chi connectivity index (χ0) is 11.2. The number of rotatable bonds is 6. The molecule has 3 nitrogen and oxygen atoms in total. The van der Waals surface area contributed by atoms with E-state index in [4.69, 9.17) is 5.26 Å². The van der Waals surface area contributed by atoms with Gasteiger partial charge in [0.25, 0.3) is 0 Å². The van der Waals surface area contributed by atoms with Crippen LogP contribution in [0, 0.1) is 11.3 Å². The third kappa shape index (κ3) is 3.32. The molecule has 0 saturated heterocycles. The minimum absolute atomic E-state index is 0.646. The van der Waals surface area contributed by atoms with Crippen LogP contribution in [-0.4, -0.2) is 29.0 Å². The van der Waals surface area contributed by atoms with Gasteiger partial charge in [-0.15, -0.1) is 0 Å². The van der Waals surface area contributed by atoms with Crippen molar-refractivity contribution in [2.45, 2.75) is 31.7 Å². The predicted molar refractivity (Wildman–Crippen MR) is 62.8 cm³/mol. The smallest absolute Gasteiger partial charge is 0.0635 e. The number of pyridine rings is 1. The summed E-state index contributed by atoms with van der Waals surface area (Å²) >= 11 is 0. The first-order valence-corrected chi connectivity index (χ1v) is 5.90. The van der Waals surface area contributed by atoms with Gasteiger partial charge < -0.3 is 0 Å². The van der Waals surface area contributed by atoms with E-state index in [1.165, 1.54) is 18.4 Å². The second-order valence-electron chi connectivity index (χ2n) is 4.28. The van der Waals surface area contributed by atoms with E-state index in [-0.39, 0.29) is 0 Å². The number of nitriles is 1. The Bertz CT molecular complexity index is 351. The third-order valence-corrected chi connectivity index (χ3v) is 3.01. The summed E-state index contributed by atoms with van der Waals surface area (Å²) in [4.78, 5) is 6.46. The summed E-state index contributed by atoms with van der Waals surface area (Å²) in [5, 5.41) is 8.62. The van der Waals surface area contributed by atoms with E-state index in [1.807, 2.05) is 12.4 Å². The molecule has 3 heteroatoms. The fraction of sp³-hybridized carbons (Fsp3) is 0.538. The fourth-order valence-corrected chi connectivity index (χ4v) is 1.93. The Morgan fingerprint density at radius 1 is 1.31 bits per heavy atom. The van der Waals surface area contributed by atoms with Crippen LogP contribution in [0.25, 0.3) is 0 Å². The Morgan fingerprint density at radius 2 is 2.06 bits per heavy atom. The zero-order valence-electron chi connectivity index (χ0n) is 9.47. The Hall–Kier alpha value is -1.40. The van der Waals surface area contributed by atoms with E-state index < -0.39 is 0 Å². The highest BCUT2D eigenvalue weighted by Crippen LogP contribution is 2.26. The molecule has 1 aliphatic rings. The topological polar surface area (TPSA) is 39.9 Å². The maximum absolute atomic E-state index is 8.62. The molecule has 1 aliphatic carbocycles. The molecular formula is C13H17N3. The van der Waals surface area contributed by atoms with Crippen molar-refractivity contribution in [2.24, 2.45) is 0 Å². The van der Waals surface area contributed by atoms with Crippen molar-refractivity contribution >= 4 is 0 Å². The highest BCUT2D eigenvalue weighted by Gasteiger charge is 2.27. The van der Waals surface area contributed by atoms with E-state index in [1.54, 1.807) is 0 Å². The van der Waals surface area contributed by atoms with Crippen molar-refractivity contribution in [3.63, 3.8) is 0 Å². The van der Waals surface area contributed by atoms with Crippen LogP contribution in [0.5, 0.6) is 0 Å². The normalized spacial score (nSPS) is 15.0. The molecule has 0 amide bonds.